The number of amides is 3. The number of aliphatic carboxylic acids is 3. The van der Waals surface area contributed by atoms with E-state index in [0.29, 0.717) is 6.42 Å². The first kappa shape index (κ1) is 48.4. The van der Waals surface area contributed by atoms with E-state index in [1.54, 1.807) is 0 Å². The zero-order valence-corrected chi connectivity index (χ0v) is 31.3. The van der Waals surface area contributed by atoms with Crippen molar-refractivity contribution in [2.45, 2.75) is 160 Å². The molecule has 0 unspecified atom stereocenters. The molecular weight excluding hydrogens is 678 g/mol. The van der Waals surface area contributed by atoms with Crippen molar-refractivity contribution in [3.8, 4) is 0 Å². The van der Waals surface area contributed by atoms with E-state index in [1.807, 2.05) is 0 Å². The number of carbonyl (C=O) groups excluding carboxylic acids is 4. The van der Waals surface area contributed by atoms with Gasteiger partial charge in [-0.25, -0.2) is 0 Å². The van der Waals surface area contributed by atoms with Crippen LogP contribution in [0.5, 0.6) is 0 Å². The highest BCUT2D eigenvalue weighted by Crippen LogP contribution is 2.14. The summed E-state index contributed by atoms with van der Waals surface area (Å²) in [6, 6.07) is -2.44. The second kappa shape index (κ2) is 33.3. The molecule has 0 radical (unpaired) electrons. The summed E-state index contributed by atoms with van der Waals surface area (Å²) in [6.07, 6.45) is 16.5. The lowest BCUT2D eigenvalue weighted by atomic mass is 10.0. The van der Waals surface area contributed by atoms with Crippen molar-refractivity contribution in [1.29, 1.82) is 0 Å². The summed E-state index contributed by atoms with van der Waals surface area (Å²) < 4.78 is 10.4. The topological polar surface area (TPSA) is 235 Å². The molecule has 0 aliphatic carbocycles. The van der Waals surface area contributed by atoms with Gasteiger partial charge in [0.15, 0.2) is 5.78 Å². The maximum Gasteiger partial charge on any atom is 0.303 e. The highest BCUT2D eigenvalue weighted by atomic mass is 16.5. The Kier molecular flexibility index (Phi) is 31.0. The summed E-state index contributed by atoms with van der Waals surface area (Å²) in [5.74, 6) is -4.98. The molecule has 6 N–H and O–H groups in total. The minimum atomic E-state index is -1.23. The Morgan fingerprint density at radius 3 is 1.33 bits per heavy atom. The molecule has 0 saturated heterocycles. The van der Waals surface area contributed by atoms with E-state index in [9.17, 15) is 33.6 Å². The van der Waals surface area contributed by atoms with Crippen molar-refractivity contribution in [1.82, 2.24) is 16.0 Å². The number of hydrogen-bond donors (Lipinski definition) is 6. The first-order chi connectivity index (χ1) is 24.9. The van der Waals surface area contributed by atoms with E-state index in [0.717, 1.165) is 44.9 Å². The predicted octanol–water partition coefficient (Wildman–Crippen LogP) is 4.53. The molecular formula is C37H65N3O12. The molecule has 0 fully saturated rings. The van der Waals surface area contributed by atoms with Gasteiger partial charge in [0, 0.05) is 32.2 Å². The summed E-state index contributed by atoms with van der Waals surface area (Å²) >= 11 is 0. The van der Waals surface area contributed by atoms with Gasteiger partial charge in [-0.3, -0.25) is 33.6 Å². The average molecular weight is 744 g/mol. The van der Waals surface area contributed by atoms with Crippen LogP contribution in [0.3, 0.4) is 0 Å². The highest BCUT2D eigenvalue weighted by Gasteiger charge is 2.27. The van der Waals surface area contributed by atoms with Gasteiger partial charge in [0.1, 0.15) is 18.7 Å². The molecule has 0 rings (SSSR count). The monoisotopic (exact) mass is 743 g/mol. The Balaban J connectivity index is 4.39. The highest BCUT2D eigenvalue weighted by molar-refractivity contribution is 5.92. The number of carboxylic acid groups (broad SMARTS) is 3. The van der Waals surface area contributed by atoms with E-state index in [4.69, 9.17) is 24.8 Å². The van der Waals surface area contributed by atoms with Crippen molar-refractivity contribution >= 4 is 41.4 Å². The van der Waals surface area contributed by atoms with Crippen LogP contribution >= 0.6 is 0 Å². The van der Waals surface area contributed by atoms with Crippen molar-refractivity contribution in [2.75, 3.05) is 33.0 Å². The zero-order chi connectivity index (χ0) is 38.8. The Bertz CT molecular complexity index is 1040. The lowest BCUT2D eigenvalue weighted by Gasteiger charge is -2.23. The number of Topliss-reactive ketones (excluding diaryl/α,β-unsaturated/α-hetero) is 1. The quantitative estimate of drug-likeness (QED) is 0.0482. The Labute approximate surface area is 308 Å². The molecule has 0 heterocycles. The van der Waals surface area contributed by atoms with E-state index < -0.39 is 60.6 Å². The first-order valence-electron chi connectivity index (χ1n) is 19.1. The predicted molar refractivity (Wildman–Crippen MR) is 194 cm³/mol. The second-order valence-electron chi connectivity index (χ2n) is 13.3. The Morgan fingerprint density at radius 1 is 0.481 bits per heavy atom. The van der Waals surface area contributed by atoms with E-state index in [2.05, 4.69) is 16.0 Å². The fraction of sp³-hybridized carbons (Fsp3) is 0.811. The van der Waals surface area contributed by atoms with Gasteiger partial charge in [-0.1, -0.05) is 89.9 Å². The van der Waals surface area contributed by atoms with Gasteiger partial charge in [-0.2, -0.15) is 0 Å². The third-order valence-corrected chi connectivity index (χ3v) is 8.35. The number of hydrogen-bond acceptors (Lipinski definition) is 9. The van der Waals surface area contributed by atoms with Crippen LogP contribution in [0.1, 0.15) is 148 Å². The largest absolute Gasteiger partial charge is 0.481 e. The van der Waals surface area contributed by atoms with Crippen LogP contribution in [-0.2, 0) is 43.0 Å². The van der Waals surface area contributed by atoms with Crippen LogP contribution < -0.4 is 16.0 Å². The lowest BCUT2D eigenvalue weighted by molar-refractivity contribution is -0.139. The first-order valence-corrected chi connectivity index (χ1v) is 19.1. The molecule has 0 spiro atoms. The van der Waals surface area contributed by atoms with E-state index >= 15 is 0 Å². The standard InChI is InChI=1S/C37H65N3O12/c1-29(41)28-52-27-26-51-25-24-38-36(49)30(20-22-34(45)46)40-37(50)31(21-23-35(47)48)39-32(42)18-16-14-12-10-8-6-4-2-3-5-7-9-11-13-15-17-19-33(43)44/h30-31H,2-28H2,1H3,(H,38,49)(H,39,42)(H,40,50)(H,43,44)(H,45,46)(H,47,48)/t30-,31-/m0/s1. The minimum Gasteiger partial charge on any atom is -0.481 e. The van der Waals surface area contributed by atoms with Gasteiger partial charge in [0.25, 0.3) is 0 Å². The third kappa shape index (κ3) is 32.3. The number of ketones is 1. The van der Waals surface area contributed by atoms with Gasteiger partial charge in [-0.15, -0.1) is 0 Å². The summed E-state index contributed by atoms with van der Waals surface area (Å²) in [5, 5.41) is 34.6. The molecule has 0 aliphatic heterocycles. The summed E-state index contributed by atoms with van der Waals surface area (Å²) in [5.41, 5.74) is 0. The normalized spacial score (nSPS) is 12.1. The molecule has 52 heavy (non-hydrogen) atoms. The number of rotatable bonds is 37. The van der Waals surface area contributed by atoms with Gasteiger partial charge in [0.05, 0.1) is 19.8 Å². The molecule has 0 bridgehead atoms. The maximum absolute atomic E-state index is 13.1. The average Bonchev–Trinajstić information content (AvgIpc) is 3.08. The number of unbranched alkanes of at least 4 members (excludes halogenated alkanes) is 15. The van der Waals surface area contributed by atoms with Crippen LogP contribution in [0.25, 0.3) is 0 Å². The minimum absolute atomic E-state index is 0.0232. The summed E-state index contributed by atoms with van der Waals surface area (Å²) in [7, 11) is 0. The lowest BCUT2D eigenvalue weighted by Crippen LogP contribution is -2.54. The third-order valence-electron chi connectivity index (χ3n) is 8.35. The molecule has 0 aromatic heterocycles. The molecule has 15 heteroatoms. The molecule has 0 aliphatic rings. The maximum atomic E-state index is 13.1. The number of nitrogens with one attached hydrogen (secondary N) is 3. The van der Waals surface area contributed by atoms with Crippen LogP contribution in [0.4, 0.5) is 0 Å². The van der Waals surface area contributed by atoms with Gasteiger partial charge in [0.2, 0.25) is 17.7 Å². The molecule has 15 nitrogen and oxygen atoms in total. The molecule has 2 atom stereocenters. The fourth-order valence-electron chi connectivity index (χ4n) is 5.45. The second-order valence-corrected chi connectivity index (χ2v) is 13.3. The van der Waals surface area contributed by atoms with Crippen molar-refractivity contribution < 1.29 is 58.4 Å². The fourth-order valence-corrected chi connectivity index (χ4v) is 5.45. The number of ether oxygens (including phenoxy) is 2. The van der Waals surface area contributed by atoms with Crippen LogP contribution in [0, 0.1) is 0 Å². The van der Waals surface area contributed by atoms with Crippen molar-refractivity contribution in [2.24, 2.45) is 0 Å². The van der Waals surface area contributed by atoms with Gasteiger partial charge < -0.3 is 40.7 Å². The molecule has 0 aromatic carbocycles. The molecule has 300 valence electrons. The number of carbonyl (C=O) groups is 7. The molecule has 0 saturated carbocycles. The number of carboxylic acids is 3. The van der Waals surface area contributed by atoms with Crippen molar-refractivity contribution in [3.63, 3.8) is 0 Å². The van der Waals surface area contributed by atoms with Crippen LogP contribution in [0.2, 0.25) is 0 Å². The summed E-state index contributed by atoms with van der Waals surface area (Å²) in [6.45, 7) is 1.93. The van der Waals surface area contributed by atoms with Crippen LogP contribution in [0.15, 0.2) is 0 Å². The van der Waals surface area contributed by atoms with Crippen LogP contribution in [-0.4, -0.2) is 102 Å². The Hall–Kier alpha value is -3.59. The molecule has 0 aromatic rings. The van der Waals surface area contributed by atoms with Gasteiger partial charge >= 0.3 is 17.9 Å². The SMILES string of the molecule is CC(=O)COCCOCCNC(=O)[C@H](CCC(=O)O)NC(=O)[C@H](CCC(=O)O)NC(=O)CCCCCCCCCCCCCCCCCCC(=O)O. The Morgan fingerprint density at radius 2 is 0.885 bits per heavy atom. The molecule has 3 amide bonds. The smallest absolute Gasteiger partial charge is 0.303 e. The van der Waals surface area contributed by atoms with E-state index in [-0.39, 0.29) is 64.4 Å². The van der Waals surface area contributed by atoms with Crippen molar-refractivity contribution in [3.05, 3.63) is 0 Å². The van der Waals surface area contributed by atoms with Gasteiger partial charge in [-0.05, 0) is 32.6 Å². The van der Waals surface area contributed by atoms with E-state index in [1.165, 1.54) is 58.3 Å². The zero-order valence-electron chi connectivity index (χ0n) is 31.3. The summed E-state index contributed by atoms with van der Waals surface area (Å²) in [4.78, 5) is 82.3.